The number of thiazole rings is 1. The van der Waals surface area contributed by atoms with Gasteiger partial charge in [0.2, 0.25) is 0 Å². The molecule has 0 aliphatic rings. The van der Waals surface area contributed by atoms with Crippen LogP contribution in [0.5, 0.6) is 5.75 Å². The Morgan fingerprint density at radius 1 is 1.47 bits per heavy atom. The van der Waals surface area contributed by atoms with E-state index in [0.29, 0.717) is 11.6 Å². The molecule has 2 nitrogen and oxygen atoms in total. The summed E-state index contributed by atoms with van der Waals surface area (Å²) in [6, 6.07) is 7.36. The van der Waals surface area contributed by atoms with Crippen molar-refractivity contribution in [1.82, 2.24) is 4.98 Å². The van der Waals surface area contributed by atoms with Gasteiger partial charge in [-0.2, -0.15) is 12.6 Å². The monoisotopic (exact) mass is 285 g/mol. The van der Waals surface area contributed by atoms with Crippen LogP contribution in [0.4, 0.5) is 0 Å². The molecule has 1 heterocycles. The Morgan fingerprint density at radius 3 is 2.94 bits per heavy atom. The van der Waals surface area contributed by atoms with Crippen molar-refractivity contribution in [3.05, 3.63) is 44.9 Å². The number of halogens is 1. The van der Waals surface area contributed by atoms with Gasteiger partial charge in [-0.25, -0.2) is 4.98 Å². The first kappa shape index (κ1) is 12.7. The molecule has 0 fully saturated rings. The van der Waals surface area contributed by atoms with Crippen LogP contribution in [-0.2, 0) is 12.4 Å². The van der Waals surface area contributed by atoms with Gasteiger partial charge in [0.25, 0.3) is 0 Å². The predicted molar refractivity (Wildman–Crippen MR) is 75.3 cm³/mol. The molecule has 0 unspecified atom stereocenters. The Labute approximate surface area is 115 Å². The number of ether oxygens (including phenoxy) is 1. The molecule has 2 aromatic rings. The Morgan fingerprint density at radius 2 is 2.29 bits per heavy atom. The lowest BCUT2D eigenvalue weighted by atomic mass is 10.3. The van der Waals surface area contributed by atoms with E-state index in [0.717, 1.165) is 22.2 Å². The second-order valence-electron chi connectivity index (χ2n) is 3.52. The van der Waals surface area contributed by atoms with Crippen LogP contribution in [0.3, 0.4) is 0 Å². The molecule has 0 amide bonds. The number of benzene rings is 1. The first-order valence-electron chi connectivity index (χ1n) is 5.13. The van der Waals surface area contributed by atoms with Crippen LogP contribution in [0, 0.1) is 6.92 Å². The highest BCUT2D eigenvalue weighted by atomic mass is 35.5. The SMILES string of the molecule is Cc1nc(COc2cccc(Cl)c2)sc1CS. The zero-order valence-corrected chi connectivity index (χ0v) is 11.8. The van der Waals surface area contributed by atoms with E-state index >= 15 is 0 Å². The van der Waals surface area contributed by atoms with Gasteiger partial charge >= 0.3 is 0 Å². The van der Waals surface area contributed by atoms with Gasteiger partial charge < -0.3 is 4.74 Å². The normalized spacial score (nSPS) is 10.5. The van der Waals surface area contributed by atoms with Crippen molar-refractivity contribution in [3.8, 4) is 5.75 Å². The van der Waals surface area contributed by atoms with Gasteiger partial charge in [0.15, 0.2) is 0 Å². The second-order valence-corrected chi connectivity index (χ2v) is 5.44. The average Bonchev–Trinajstić information content (AvgIpc) is 2.67. The van der Waals surface area contributed by atoms with Crippen molar-refractivity contribution in [2.45, 2.75) is 19.3 Å². The quantitative estimate of drug-likeness (QED) is 0.854. The maximum absolute atomic E-state index is 5.88. The van der Waals surface area contributed by atoms with Gasteiger partial charge in [-0.1, -0.05) is 17.7 Å². The van der Waals surface area contributed by atoms with E-state index in [1.807, 2.05) is 25.1 Å². The van der Waals surface area contributed by atoms with Crippen molar-refractivity contribution >= 4 is 35.6 Å². The summed E-state index contributed by atoms with van der Waals surface area (Å²) in [5.74, 6) is 1.48. The summed E-state index contributed by atoms with van der Waals surface area (Å²) in [5.41, 5.74) is 1.04. The van der Waals surface area contributed by atoms with Gasteiger partial charge in [0.05, 0.1) is 5.69 Å². The minimum atomic E-state index is 0.472. The highest BCUT2D eigenvalue weighted by molar-refractivity contribution is 7.79. The molecule has 0 bridgehead atoms. The van der Waals surface area contributed by atoms with Crippen molar-refractivity contribution in [3.63, 3.8) is 0 Å². The molecule has 0 spiro atoms. The van der Waals surface area contributed by atoms with E-state index in [4.69, 9.17) is 16.3 Å². The molecule has 0 saturated heterocycles. The van der Waals surface area contributed by atoms with Crippen LogP contribution in [0.15, 0.2) is 24.3 Å². The van der Waals surface area contributed by atoms with E-state index < -0.39 is 0 Å². The van der Waals surface area contributed by atoms with E-state index in [-0.39, 0.29) is 0 Å². The number of nitrogens with zero attached hydrogens (tertiary/aromatic N) is 1. The lowest BCUT2D eigenvalue weighted by molar-refractivity contribution is 0.305. The third-order valence-corrected chi connectivity index (χ3v) is 4.14. The lowest BCUT2D eigenvalue weighted by Gasteiger charge is -2.03. The first-order chi connectivity index (χ1) is 8.19. The summed E-state index contributed by atoms with van der Waals surface area (Å²) in [7, 11) is 0. The fourth-order valence-corrected chi connectivity index (χ4v) is 2.84. The molecule has 0 saturated carbocycles. The van der Waals surface area contributed by atoms with Crippen LogP contribution in [0.1, 0.15) is 15.6 Å². The van der Waals surface area contributed by atoms with Gasteiger partial charge in [-0.15, -0.1) is 11.3 Å². The van der Waals surface area contributed by atoms with Gasteiger partial charge in [-0.05, 0) is 25.1 Å². The third kappa shape index (κ3) is 3.37. The molecule has 1 aromatic carbocycles. The molecule has 1 aromatic heterocycles. The molecule has 5 heteroatoms. The summed E-state index contributed by atoms with van der Waals surface area (Å²) in [5, 5.41) is 1.64. The van der Waals surface area contributed by atoms with E-state index in [1.165, 1.54) is 4.88 Å². The smallest absolute Gasteiger partial charge is 0.140 e. The summed E-state index contributed by atoms with van der Waals surface area (Å²) in [4.78, 5) is 5.62. The molecule has 90 valence electrons. The number of aromatic nitrogens is 1. The largest absolute Gasteiger partial charge is 0.486 e. The molecule has 0 aliphatic heterocycles. The number of hydrogen-bond donors (Lipinski definition) is 1. The summed E-state index contributed by atoms with van der Waals surface area (Å²) >= 11 is 11.8. The number of aryl methyl sites for hydroxylation is 1. The summed E-state index contributed by atoms with van der Waals surface area (Å²) < 4.78 is 5.62. The van der Waals surface area contributed by atoms with Crippen LogP contribution in [0.25, 0.3) is 0 Å². The van der Waals surface area contributed by atoms with Crippen LogP contribution in [-0.4, -0.2) is 4.98 Å². The van der Waals surface area contributed by atoms with Crippen molar-refractivity contribution in [2.24, 2.45) is 0 Å². The van der Waals surface area contributed by atoms with Gasteiger partial charge in [-0.3, -0.25) is 0 Å². The number of rotatable bonds is 4. The van der Waals surface area contributed by atoms with Crippen LogP contribution < -0.4 is 4.74 Å². The third-order valence-electron chi connectivity index (χ3n) is 2.24. The van der Waals surface area contributed by atoms with Gasteiger partial charge in [0.1, 0.15) is 17.4 Å². The molecule has 0 aliphatic carbocycles. The van der Waals surface area contributed by atoms with E-state index in [9.17, 15) is 0 Å². The summed E-state index contributed by atoms with van der Waals surface area (Å²) in [6.45, 7) is 2.46. The number of thiol groups is 1. The van der Waals surface area contributed by atoms with Crippen LogP contribution >= 0.6 is 35.6 Å². The fourth-order valence-electron chi connectivity index (χ4n) is 1.40. The Bertz CT molecular complexity index is 513. The topological polar surface area (TPSA) is 22.1 Å². The minimum absolute atomic E-state index is 0.472. The Kier molecular flexibility index (Phi) is 4.31. The second kappa shape index (κ2) is 5.76. The van der Waals surface area contributed by atoms with E-state index in [1.54, 1.807) is 17.4 Å². The molecular weight excluding hydrogens is 274 g/mol. The molecule has 0 N–H and O–H groups in total. The van der Waals surface area contributed by atoms with Crippen molar-refractivity contribution in [1.29, 1.82) is 0 Å². The molecule has 17 heavy (non-hydrogen) atoms. The van der Waals surface area contributed by atoms with Crippen molar-refractivity contribution in [2.75, 3.05) is 0 Å². The number of hydrogen-bond acceptors (Lipinski definition) is 4. The molecule has 0 radical (unpaired) electrons. The van der Waals surface area contributed by atoms with Crippen LogP contribution in [0.2, 0.25) is 5.02 Å². The standard InChI is InChI=1S/C12H12ClNOS2/c1-8-11(7-16)17-12(14-8)6-15-10-4-2-3-9(13)5-10/h2-5,16H,6-7H2,1H3. The maximum Gasteiger partial charge on any atom is 0.140 e. The Hall–Kier alpha value is -0.710. The molecule has 2 rings (SSSR count). The molecule has 0 atom stereocenters. The molecular formula is C12H12ClNOS2. The highest BCUT2D eigenvalue weighted by Crippen LogP contribution is 2.22. The van der Waals surface area contributed by atoms with Gasteiger partial charge in [0, 0.05) is 15.7 Å². The predicted octanol–water partition coefficient (Wildman–Crippen LogP) is 4.11. The highest BCUT2D eigenvalue weighted by Gasteiger charge is 2.06. The zero-order chi connectivity index (χ0) is 12.3. The Balaban J connectivity index is 2.02. The first-order valence-corrected chi connectivity index (χ1v) is 6.96. The fraction of sp³-hybridized carbons (Fsp3) is 0.250. The average molecular weight is 286 g/mol. The van der Waals surface area contributed by atoms with E-state index in [2.05, 4.69) is 17.6 Å². The summed E-state index contributed by atoms with van der Waals surface area (Å²) in [6.07, 6.45) is 0. The zero-order valence-electron chi connectivity index (χ0n) is 9.31. The maximum atomic E-state index is 5.88. The lowest BCUT2D eigenvalue weighted by Crippen LogP contribution is -1.94. The van der Waals surface area contributed by atoms with Crippen molar-refractivity contribution < 1.29 is 4.74 Å². The minimum Gasteiger partial charge on any atom is -0.486 e.